The van der Waals surface area contributed by atoms with Crippen LogP contribution in [-0.2, 0) is 17.9 Å². The summed E-state index contributed by atoms with van der Waals surface area (Å²) in [5, 5.41) is 25.6. The maximum absolute atomic E-state index is 13.0. The zero-order valence-corrected chi connectivity index (χ0v) is 19.7. The molecule has 0 aliphatic carbocycles. The number of H-pyrrole nitrogens is 1. The average Bonchev–Trinajstić information content (AvgIpc) is 3.35. The number of aryl methyl sites for hydroxylation is 1. The molecule has 1 unspecified atom stereocenters. The number of carboxylic acid groups (broad SMARTS) is 1. The Kier molecular flexibility index (Phi) is 6.71. The van der Waals surface area contributed by atoms with Crippen molar-refractivity contribution in [2.24, 2.45) is 5.92 Å². The van der Waals surface area contributed by atoms with Crippen LogP contribution in [0.1, 0.15) is 28.9 Å². The lowest BCUT2D eigenvalue weighted by atomic mass is 9.96. The Morgan fingerprint density at radius 1 is 1.00 bits per heavy atom. The summed E-state index contributed by atoms with van der Waals surface area (Å²) < 4.78 is 6.96. The number of fused-ring (bicyclic) bond motifs is 2. The summed E-state index contributed by atoms with van der Waals surface area (Å²) in [7, 11) is 0. The highest BCUT2D eigenvalue weighted by Gasteiger charge is 2.25. The molecule has 2 heterocycles. The molecule has 0 radical (unpaired) electrons. The lowest BCUT2D eigenvalue weighted by Crippen LogP contribution is -2.27. The van der Waals surface area contributed by atoms with Gasteiger partial charge in [-0.2, -0.15) is 5.10 Å². The Balaban J connectivity index is 1.27. The number of aromatic amines is 1. The predicted octanol–water partition coefficient (Wildman–Crippen LogP) is 3.61. The zero-order valence-electron chi connectivity index (χ0n) is 19.7. The Morgan fingerprint density at radius 2 is 1.78 bits per heavy atom. The van der Waals surface area contributed by atoms with Crippen LogP contribution in [0.2, 0.25) is 0 Å². The largest absolute Gasteiger partial charge is 0.489 e. The lowest BCUT2D eigenvalue weighted by molar-refractivity contribution is -0.142. The minimum Gasteiger partial charge on any atom is -0.489 e. The molecule has 0 fully saturated rings. The van der Waals surface area contributed by atoms with E-state index in [1.807, 2.05) is 30.3 Å². The third-order valence-electron chi connectivity index (χ3n) is 6.15. The van der Waals surface area contributed by atoms with E-state index in [1.54, 1.807) is 42.5 Å². The van der Waals surface area contributed by atoms with E-state index >= 15 is 0 Å². The number of hydrogen-bond donors (Lipinski definition) is 2. The molecule has 0 aliphatic rings. The maximum Gasteiger partial charge on any atom is 0.307 e. The summed E-state index contributed by atoms with van der Waals surface area (Å²) in [6, 6.07) is 21.8. The minimum absolute atomic E-state index is 0.0182. The van der Waals surface area contributed by atoms with E-state index in [-0.39, 0.29) is 30.6 Å². The summed E-state index contributed by atoms with van der Waals surface area (Å²) in [5.74, 6) is -1.95. The van der Waals surface area contributed by atoms with Gasteiger partial charge < -0.3 is 9.84 Å². The Labute approximate surface area is 210 Å². The van der Waals surface area contributed by atoms with Crippen LogP contribution in [0.25, 0.3) is 21.8 Å². The molecule has 0 saturated heterocycles. The fraction of sp³-hybridized carbons (Fsp3) is 0.185. The van der Waals surface area contributed by atoms with Gasteiger partial charge in [-0.3, -0.25) is 19.5 Å². The highest BCUT2D eigenvalue weighted by molar-refractivity contribution is 6.06. The number of nitrogens with one attached hydrogen (secondary N) is 1. The van der Waals surface area contributed by atoms with Crippen LogP contribution in [0.5, 0.6) is 5.75 Å². The molecule has 10 heteroatoms. The first-order chi connectivity index (χ1) is 18.0. The van der Waals surface area contributed by atoms with Crippen LogP contribution in [0.4, 0.5) is 0 Å². The molecule has 3 aromatic carbocycles. The SMILES string of the molecule is O=C(CC(CCn1nnc2ccccc2c1=O)C(=O)O)c1n[nH]c2cc(OCc3ccccc3)ccc12. The number of ether oxygens (including phenoxy) is 1. The lowest BCUT2D eigenvalue weighted by Gasteiger charge is -2.12. The second-order valence-electron chi connectivity index (χ2n) is 8.64. The molecule has 2 aromatic heterocycles. The van der Waals surface area contributed by atoms with Gasteiger partial charge in [0, 0.05) is 24.4 Å². The van der Waals surface area contributed by atoms with E-state index in [9.17, 15) is 19.5 Å². The number of ketones is 1. The molecular formula is C27H23N5O5. The monoisotopic (exact) mass is 497 g/mol. The molecule has 186 valence electrons. The van der Waals surface area contributed by atoms with Gasteiger partial charge in [0.25, 0.3) is 5.56 Å². The van der Waals surface area contributed by atoms with Gasteiger partial charge in [0.2, 0.25) is 0 Å². The van der Waals surface area contributed by atoms with Gasteiger partial charge >= 0.3 is 5.97 Å². The number of hydrogen-bond acceptors (Lipinski definition) is 7. The van der Waals surface area contributed by atoms with E-state index in [2.05, 4.69) is 20.5 Å². The van der Waals surface area contributed by atoms with Crippen molar-refractivity contribution < 1.29 is 19.4 Å². The third-order valence-corrected chi connectivity index (χ3v) is 6.15. The van der Waals surface area contributed by atoms with E-state index < -0.39 is 17.7 Å². The molecule has 10 nitrogen and oxygen atoms in total. The number of carbonyl (C=O) groups is 2. The molecule has 0 spiro atoms. The van der Waals surface area contributed by atoms with Crippen molar-refractivity contribution >= 4 is 33.6 Å². The Bertz CT molecular complexity index is 1640. The first kappa shape index (κ1) is 23.9. The van der Waals surface area contributed by atoms with Crippen LogP contribution in [-0.4, -0.2) is 42.1 Å². The van der Waals surface area contributed by atoms with Gasteiger partial charge in [-0.1, -0.05) is 47.7 Å². The highest BCUT2D eigenvalue weighted by Crippen LogP contribution is 2.25. The molecule has 0 saturated carbocycles. The number of nitrogens with zero attached hydrogens (tertiary/aromatic N) is 4. The summed E-state index contributed by atoms with van der Waals surface area (Å²) >= 11 is 0. The summed E-state index contributed by atoms with van der Waals surface area (Å²) in [6.07, 6.45) is -0.231. The number of aromatic nitrogens is 5. The topological polar surface area (TPSA) is 140 Å². The van der Waals surface area contributed by atoms with Gasteiger partial charge in [-0.25, -0.2) is 4.68 Å². The van der Waals surface area contributed by atoms with Gasteiger partial charge in [0.05, 0.1) is 16.8 Å². The fourth-order valence-electron chi connectivity index (χ4n) is 4.12. The first-order valence-corrected chi connectivity index (χ1v) is 11.7. The Hall–Kier alpha value is -4.86. The van der Waals surface area contributed by atoms with E-state index in [1.165, 1.54) is 0 Å². The minimum atomic E-state index is -1.13. The number of carbonyl (C=O) groups excluding carboxylic acids is 1. The smallest absolute Gasteiger partial charge is 0.307 e. The number of aliphatic carboxylic acids is 1. The molecule has 2 N–H and O–H groups in total. The van der Waals surface area contributed by atoms with Crippen LogP contribution < -0.4 is 10.3 Å². The molecule has 5 rings (SSSR count). The standard InChI is InChI=1S/C27H23N5O5/c33-24(14-18(27(35)36)12-13-32-26(34)21-8-4-5-9-22(21)29-31-32)25-20-11-10-19(15-23(20)28-30-25)37-16-17-6-2-1-3-7-17/h1-11,15,18H,12-14,16H2,(H,28,30)(H,35,36). The van der Waals surface area contributed by atoms with E-state index in [0.29, 0.717) is 34.2 Å². The van der Waals surface area contributed by atoms with Crippen molar-refractivity contribution in [1.82, 2.24) is 25.2 Å². The van der Waals surface area contributed by atoms with Crippen molar-refractivity contribution in [2.75, 3.05) is 0 Å². The number of benzene rings is 3. The van der Waals surface area contributed by atoms with Crippen molar-refractivity contribution in [3.63, 3.8) is 0 Å². The second kappa shape index (κ2) is 10.4. The first-order valence-electron chi connectivity index (χ1n) is 11.7. The third kappa shape index (κ3) is 5.22. The van der Waals surface area contributed by atoms with Crippen molar-refractivity contribution in [3.05, 3.63) is 94.4 Å². The zero-order chi connectivity index (χ0) is 25.8. The molecule has 1 atom stereocenters. The molecule has 0 bridgehead atoms. The summed E-state index contributed by atoms with van der Waals surface area (Å²) in [5.41, 5.74) is 1.91. The van der Waals surface area contributed by atoms with Gasteiger partial charge in [0.15, 0.2) is 5.78 Å². The van der Waals surface area contributed by atoms with Crippen LogP contribution in [0.3, 0.4) is 0 Å². The predicted molar refractivity (Wildman–Crippen MR) is 135 cm³/mol. The van der Waals surface area contributed by atoms with E-state index in [4.69, 9.17) is 4.74 Å². The fourth-order valence-corrected chi connectivity index (χ4v) is 4.12. The highest BCUT2D eigenvalue weighted by atomic mass is 16.5. The molecule has 0 amide bonds. The van der Waals surface area contributed by atoms with Gasteiger partial charge in [0.1, 0.15) is 23.6 Å². The quantitative estimate of drug-likeness (QED) is 0.279. The number of Topliss-reactive ketones (excluding diaryl/α,β-unsaturated/α-hetero) is 1. The maximum atomic E-state index is 13.0. The van der Waals surface area contributed by atoms with Crippen LogP contribution in [0, 0.1) is 5.92 Å². The molecule has 37 heavy (non-hydrogen) atoms. The van der Waals surface area contributed by atoms with Crippen molar-refractivity contribution in [2.45, 2.75) is 26.0 Å². The number of rotatable bonds is 10. The summed E-state index contributed by atoms with van der Waals surface area (Å²) in [4.78, 5) is 37.6. The molecular weight excluding hydrogens is 474 g/mol. The molecule has 5 aromatic rings. The van der Waals surface area contributed by atoms with Crippen LogP contribution >= 0.6 is 0 Å². The normalized spacial score (nSPS) is 12.0. The van der Waals surface area contributed by atoms with Gasteiger partial charge in [-0.15, -0.1) is 5.10 Å². The van der Waals surface area contributed by atoms with Crippen molar-refractivity contribution in [1.29, 1.82) is 0 Å². The number of carboxylic acids is 1. The van der Waals surface area contributed by atoms with Crippen LogP contribution in [0.15, 0.2) is 77.6 Å². The Morgan fingerprint density at radius 3 is 2.59 bits per heavy atom. The van der Waals surface area contributed by atoms with Gasteiger partial charge in [-0.05, 0) is 36.2 Å². The van der Waals surface area contributed by atoms with E-state index in [0.717, 1.165) is 10.2 Å². The summed E-state index contributed by atoms with van der Waals surface area (Å²) in [6.45, 7) is 0.418. The molecule has 0 aliphatic heterocycles. The second-order valence-corrected chi connectivity index (χ2v) is 8.64. The van der Waals surface area contributed by atoms with Crippen molar-refractivity contribution in [3.8, 4) is 5.75 Å². The average molecular weight is 498 g/mol.